The third-order valence-corrected chi connectivity index (χ3v) is 3.82. The van der Waals surface area contributed by atoms with Crippen molar-refractivity contribution < 1.29 is 18.9 Å². The fourth-order valence-electron chi connectivity index (χ4n) is 1.78. The molecule has 0 spiro atoms. The van der Waals surface area contributed by atoms with Gasteiger partial charge >= 0.3 is 12.0 Å². The zero-order valence-corrected chi connectivity index (χ0v) is 13.1. The lowest BCUT2D eigenvalue weighted by atomic mass is 10.1. The summed E-state index contributed by atoms with van der Waals surface area (Å²) in [7, 11) is 0.616. The van der Waals surface area contributed by atoms with Crippen LogP contribution < -0.4 is 10.2 Å². The lowest BCUT2D eigenvalue weighted by Crippen LogP contribution is -2.43. The first-order chi connectivity index (χ1) is 9.82. The van der Waals surface area contributed by atoms with Gasteiger partial charge in [0, 0.05) is 35.9 Å². The number of carboxylic acid groups (broad SMARTS) is 1. The van der Waals surface area contributed by atoms with Gasteiger partial charge in [0.2, 0.25) is 0 Å². The molecule has 21 heavy (non-hydrogen) atoms. The first-order valence-corrected chi connectivity index (χ1v) is 8.22. The third-order valence-electron chi connectivity index (χ3n) is 3.01. The summed E-state index contributed by atoms with van der Waals surface area (Å²) in [6, 6.07) is 5.78. The van der Waals surface area contributed by atoms with E-state index in [-0.39, 0.29) is 11.6 Å². The van der Waals surface area contributed by atoms with E-state index < -0.39 is 22.8 Å². The Morgan fingerprint density at radius 2 is 2.00 bits per heavy atom. The van der Waals surface area contributed by atoms with Crippen molar-refractivity contribution in [1.29, 1.82) is 0 Å². The molecule has 2 unspecified atom stereocenters. The lowest BCUT2D eigenvalue weighted by Gasteiger charge is -2.22. The molecule has 0 fully saturated rings. The number of nitrogens with one attached hydrogen (secondary N) is 1. The highest BCUT2D eigenvalue weighted by Crippen LogP contribution is 2.19. The van der Waals surface area contributed by atoms with Crippen molar-refractivity contribution >= 4 is 28.5 Å². The fraction of sp³-hybridized carbons (Fsp3) is 0.429. The molecule has 0 aliphatic carbocycles. The van der Waals surface area contributed by atoms with E-state index in [1.807, 2.05) is 6.92 Å². The van der Waals surface area contributed by atoms with Crippen LogP contribution in [0.2, 0.25) is 0 Å². The Balaban J connectivity index is 2.75. The topological polar surface area (TPSA) is 86.7 Å². The number of amides is 2. The molecular weight excluding hydrogens is 292 g/mol. The first kappa shape index (κ1) is 17.2. The molecule has 1 rings (SSSR count). The number of para-hydroxylation sites is 1. The van der Waals surface area contributed by atoms with Crippen LogP contribution in [0.25, 0.3) is 0 Å². The van der Waals surface area contributed by atoms with Gasteiger partial charge < -0.3 is 10.4 Å². The predicted octanol–water partition coefficient (Wildman–Crippen LogP) is 1.69. The van der Waals surface area contributed by atoms with Gasteiger partial charge in [-0.3, -0.25) is 9.11 Å². The van der Waals surface area contributed by atoms with E-state index in [0.29, 0.717) is 17.9 Å². The summed E-state index contributed by atoms with van der Waals surface area (Å²) in [5.41, 5.74) is 0.395. The van der Waals surface area contributed by atoms with Gasteiger partial charge in [-0.25, -0.2) is 9.59 Å². The highest BCUT2D eigenvalue weighted by Gasteiger charge is 2.18. The fourth-order valence-corrected chi connectivity index (χ4v) is 2.46. The first-order valence-electron chi connectivity index (χ1n) is 6.49. The van der Waals surface area contributed by atoms with Gasteiger partial charge in [-0.05, 0) is 25.5 Å². The maximum absolute atomic E-state index is 12.1. The standard InChI is InChI=1S/C14H20N2O4S/c1-10(8-9-21(3)20)15-14(19)16(2)12-7-5-4-6-11(12)13(17)18/h4-7,10H,8-9H2,1-3H3,(H,15,19)(H,17,18). The molecular formula is C14H20N2O4S. The van der Waals surface area contributed by atoms with E-state index in [1.165, 1.54) is 18.0 Å². The van der Waals surface area contributed by atoms with E-state index in [0.717, 1.165) is 0 Å². The molecule has 0 saturated heterocycles. The van der Waals surface area contributed by atoms with Crippen molar-refractivity contribution in [1.82, 2.24) is 5.32 Å². The van der Waals surface area contributed by atoms with Crippen LogP contribution in [0, 0.1) is 0 Å². The lowest BCUT2D eigenvalue weighted by molar-refractivity contribution is 0.0697. The highest BCUT2D eigenvalue weighted by molar-refractivity contribution is 7.84. The Kier molecular flexibility index (Phi) is 6.36. The molecule has 116 valence electrons. The number of hydrogen-bond acceptors (Lipinski definition) is 3. The minimum Gasteiger partial charge on any atom is -0.478 e. The molecule has 2 N–H and O–H groups in total. The molecule has 2 amide bonds. The van der Waals surface area contributed by atoms with Crippen LogP contribution in [-0.2, 0) is 10.8 Å². The van der Waals surface area contributed by atoms with Crippen molar-refractivity contribution in [2.75, 3.05) is 24.0 Å². The van der Waals surface area contributed by atoms with Gasteiger partial charge in [-0.15, -0.1) is 0 Å². The number of rotatable bonds is 6. The summed E-state index contributed by atoms with van der Waals surface area (Å²) < 4.78 is 11.0. The van der Waals surface area contributed by atoms with E-state index in [4.69, 9.17) is 5.11 Å². The van der Waals surface area contributed by atoms with Gasteiger partial charge in [0.1, 0.15) is 0 Å². The number of nitrogens with zero attached hydrogens (tertiary/aromatic N) is 1. The molecule has 0 radical (unpaired) electrons. The zero-order chi connectivity index (χ0) is 16.0. The van der Waals surface area contributed by atoms with E-state index in [1.54, 1.807) is 24.5 Å². The van der Waals surface area contributed by atoms with E-state index >= 15 is 0 Å². The van der Waals surface area contributed by atoms with Crippen LogP contribution in [0.15, 0.2) is 24.3 Å². The van der Waals surface area contributed by atoms with Gasteiger partial charge in [0.05, 0.1) is 11.3 Å². The Morgan fingerprint density at radius 1 is 1.38 bits per heavy atom. The van der Waals surface area contributed by atoms with Crippen molar-refractivity contribution in [3.05, 3.63) is 29.8 Å². The maximum Gasteiger partial charge on any atom is 0.337 e. The molecule has 0 heterocycles. The summed E-state index contributed by atoms with van der Waals surface area (Å²) in [4.78, 5) is 24.5. The molecule has 7 heteroatoms. The molecule has 0 aliphatic rings. The summed E-state index contributed by atoms with van der Waals surface area (Å²) in [6.07, 6.45) is 2.22. The normalized spacial score (nSPS) is 13.3. The number of carbonyl (C=O) groups is 2. The summed E-state index contributed by atoms with van der Waals surface area (Å²) in [6.45, 7) is 1.82. The number of aromatic carboxylic acids is 1. The predicted molar refractivity (Wildman–Crippen MR) is 83.3 cm³/mol. The Hall–Kier alpha value is -1.89. The SMILES string of the molecule is CC(CCS(C)=O)NC(=O)N(C)c1ccccc1C(=O)O. The molecule has 0 aliphatic heterocycles. The highest BCUT2D eigenvalue weighted by atomic mass is 32.2. The van der Waals surface area contributed by atoms with Crippen molar-refractivity contribution in [3.63, 3.8) is 0 Å². The van der Waals surface area contributed by atoms with Gasteiger partial charge in [-0.2, -0.15) is 0 Å². The number of anilines is 1. The number of benzene rings is 1. The number of hydrogen-bond donors (Lipinski definition) is 2. The Labute approximate surface area is 126 Å². The van der Waals surface area contributed by atoms with Gasteiger partial charge in [-0.1, -0.05) is 12.1 Å². The molecule has 0 aromatic heterocycles. The summed E-state index contributed by atoms with van der Waals surface area (Å²) in [5.74, 6) is -0.573. The number of carbonyl (C=O) groups excluding carboxylic acids is 1. The van der Waals surface area contributed by atoms with Crippen LogP contribution in [-0.4, -0.2) is 46.4 Å². The average molecular weight is 312 g/mol. The van der Waals surface area contributed by atoms with Crippen molar-refractivity contribution in [2.24, 2.45) is 0 Å². The zero-order valence-electron chi connectivity index (χ0n) is 12.3. The van der Waals surface area contributed by atoms with Crippen molar-refractivity contribution in [2.45, 2.75) is 19.4 Å². The summed E-state index contributed by atoms with van der Waals surface area (Å²) in [5, 5.41) is 11.9. The Morgan fingerprint density at radius 3 is 2.57 bits per heavy atom. The quantitative estimate of drug-likeness (QED) is 0.837. The van der Waals surface area contributed by atoms with Crippen LogP contribution >= 0.6 is 0 Å². The smallest absolute Gasteiger partial charge is 0.337 e. The average Bonchev–Trinajstić information content (AvgIpc) is 2.44. The number of carboxylic acids is 1. The van der Waals surface area contributed by atoms with Gasteiger partial charge in [0.25, 0.3) is 0 Å². The second-order valence-corrected chi connectivity index (χ2v) is 6.35. The third kappa shape index (κ3) is 5.18. The molecule has 1 aromatic carbocycles. The molecule has 0 saturated carbocycles. The minimum absolute atomic E-state index is 0.0671. The Bertz CT molecular complexity index is 548. The van der Waals surface area contributed by atoms with Gasteiger partial charge in [0.15, 0.2) is 0 Å². The number of urea groups is 1. The van der Waals surface area contributed by atoms with Crippen LogP contribution in [0.3, 0.4) is 0 Å². The molecule has 1 aromatic rings. The van der Waals surface area contributed by atoms with Crippen LogP contribution in [0.4, 0.5) is 10.5 Å². The molecule has 6 nitrogen and oxygen atoms in total. The second kappa shape index (κ2) is 7.78. The van der Waals surface area contributed by atoms with Crippen LogP contribution in [0.1, 0.15) is 23.7 Å². The molecule has 2 atom stereocenters. The summed E-state index contributed by atoms with van der Waals surface area (Å²) >= 11 is 0. The van der Waals surface area contributed by atoms with Crippen LogP contribution in [0.5, 0.6) is 0 Å². The van der Waals surface area contributed by atoms with E-state index in [9.17, 15) is 13.8 Å². The minimum atomic E-state index is -1.08. The molecule has 0 bridgehead atoms. The van der Waals surface area contributed by atoms with E-state index in [2.05, 4.69) is 5.32 Å². The second-order valence-electron chi connectivity index (χ2n) is 4.80. The monoisotopic (exact) mass is 312 g/mol. The van der Waals surface area contributed by atoms with Crippen molar-refractivity contribution in [3.8, 4) is 0 Å². The maximum atomic E-state index is 12.1. The largest absolute Gasteiger partial charge is 0.478 e.